The molecule has 3 rings (SSSR count). The smallest absolute Gasteiger partial charge is 0.355 e. The fourth-order valence-electron chi connectivity index (χ4n) is 2.69. The molecule has 0 radical (unpaired) electrons. The zero-order valence-electron chi connectivity index (χ0n) is 16.9. The van der Waals surface area contributed by atoms with Crippen molar-refractivity contribution in [2.24, 2.45) is 0 Å². The van der Waals surface area contributed by atoms with Crippen molar-refractivity contribution in [1.29, 1.82) is 0 Å². The third-order valence-corrected chi connectivity index (χ3v) is 4.41. The van der Waals surface area contributed by atoms with Crippen LogP contribution < -0.4 is 15.2 Å². The van der Waals surface area contributed by atoms with Crippen molar-refractivity contribution >= 4 is 17.6 Å². The monoisotopic (exact) mass is 471 g/mol. The van der Waals surface area contributed by atoms with E-state index in [2.05, 4.69) is 5.10 Å². The largest absolute Gasteiger partial charge is 0.482 e. The zero-order valence-corrected chi connectivity index (χ0v) is 17.6. The standard InChI is InChI=1S/C20H17ClF3N3O5/c1-3-30-18(28)10-31-12-4-6-13(7-5-12)32-17-9-16(15(22)8-14(17)21)27-20(29)26(19(23)24)11(2)25-27/h4-9,19H,3,10H2,1-2H3. The quantitative estimate of drug-likeness (QED) is 0.456. The van der Waals surface area contributed by atoms with E-state index >= 15 is 0 Å². The predicted octanol–water partition coefficient (Wildman–Crippen LogP) is 4.26. The zero-order chi connectivity index (χ0) is 23.4. The second kappa shape index (κ2) is 9.77. The fourth-order valence-corrected chi connectivity index (χ4v) is 2.88. The van der Waals surface area contributed by atoms with Crippen LogP contribution in [0.15, 0.2) is 41.2 Å². The van der Waals surface area contributed by atoms with E-state index in [1.165, 1.54) is 31.2 Å². The van der Waals surface area contributed by atoms with Crippen molar-refractivity contribution in [3.63, 3.8) is 0 Å². The molecule has 12 heteroatoms. The van der Waals surface area contributed by atoms with Crippen molar-refractivity contribution in [3.8, 4) is 22.9 Å². The maximum absolute atomic E-state index is 14.4. The third-order valence-electron chi connectivity index (χ3n) is 4.12. The van der Waals surface area contributed by atoms with Crippen LogP contribution in [0.4, 0.5) is 13.2 Å². The Morgan fingerprint density at radius 3 is 2.44 bits per heavy atom. The molecule has 3 aromatic rings. The van der Waals surface area contributed by atoms with Crippen molar-refractivity contribution in [2.75, 3.05) is 13.2 Å². The molecular formula is C20H17ClF3N3O5. The number of carbonyl (C=O) groups excluding carboxylic acids is 1. The highest BCUT2D eigenvalue weighted by molar-refractivity contribution is 6.32. The highest BCUT2D eigenvalue weighted by atomic mass is 35.5. The van der Waals surface area contributed by atoms with Gasteiger partial charge in [-0.05, 0) is 44.2 Å². The van der Waals surface area contributed by atoms with Crippen LogP contribution in [-0.2, 0) is 9.53 Å². The highest BCUT2D eigenvalue weighted by Crippen LogP contribution is 2.33. The molecule has 32 heavy (non-hydrogen) atoms. The Labute approximate surface area is 184 Å². The summed E-state index contributed by atoms with van der Waals surface area (Å²) in [6.45, 7) is -0.282. The van der Waals surface area contributed by atoms with Gasteiger partial charge < -0.3 is 14.2 Å². The molecule has 0 bridgehead atoms. The van der Waals surface area contributed by atoms with E-state index in [1.807, 2.05) is 0 Å². The molecule has 0 saturated carbocycles. The van der Waals surface area contributed by atoms with Crippen molar-refractivity contribution < 1.29 is 32.2 Å². The maximum atomic E-state index is 14.4. The number of ether oxygens (including phenoxy) is 3. The number of hydrogen-bond acceptors (Lipinski definition) is 6. The van der Waals surface area contributed by atoms with E-state index in [9.17, 15) is 22.8 Å². The van der Waals surface area contributed by atoms with Crippen molar-refractivity contribution in [1.82, 2.24) is 14.3 Å². The Morgan fingerprint density at radius 2 is 1.84 bits per heavy atom. The molecule has 0 aliphatic rings. The maximum Gasteiger partial charge on any atom is 0.355 e. The number of nitrogens with zero attached hydrogens (tertiary/aromatic N) is 3. The number of benzene rings is 2. The van der Waals surface area contributed by atoms with Crippen LogP contribution in [0.25, 0.3) is 5.69 Å². The number of rotatable bonds is 8. The normalized spacial score (nSPS) is 11.0. The lowest BCUT2D eigenvalue weighted by Crippen LogP contribution is -2.25. The number of hydrogen-bond donors (Lipinski definition) is 0. The van der Waals surface area contributed by atoms with Gasteiger partial charge in [0.1, 0.15) is 28.8 Å². The van der Waals surface area contributed by atoms with Crippen LogP contribution in [0.3, 0.4) is 0 Å². The van der Waals surface area contributed by atoms with E-state index in [4.69, 9.17) is 25.8 Å². The minimum Gasteiger partial charge on any atom is -0.482 e. The molecule has 8 nitrogen and oxygen atoms in total. The molecular weight excluding hydrogens is 455 g/mol. The van der Waals surface area contributed by atoms with Crippen LogP contribution in [-0.4, -0.2) is 33.5 Å². The summed E-state index contributed by atoms with van der Waals surface area (Å²) in [5.41, 5.74) is -1.63. The summed E-state index contributed by atoms with van der Waals surface area (Å²) in [4.78, 5) is 23.6. The lowest BCUT2D eigenvalue weighted by molar-refractivity contribution is -0.145. The number of carbonyl (C=O) groups is 1. The van der Waals surface area contributed by atoms with Gasteiger partial charge in [-0.3, -0.25) is 0 Å². The summed E-state index contributed by atoms with van der Waals surface area (Å²) >= 11 is 6.04. The number of aryl methyl sites for hydroxylation is 1. The van der Waals surface area contributed by atoms with Crippen molar-refractivity contribution in [3.05, 3.63) is 63.5 Å². The van der Waals surface area contributed by atoms with Crippen molar-refractivity contribution in [2.45, 2.75) is 20.4 Å². The Hall–Kier alpha value is -3.47. The van der Waals surface area contributed by atoms with Crippen LogP contribution in [0.2, 0.25) is 5.02 Å². The fraction of sp³-hybridized carbons (Fsp3) is 0.250. The van der Waals surface area contributed by atoms with E-state index in [1.54, 1.807) is 6.92 Å². The van der Waals surface area contributed by atoms with Gasteiger partial charge in [-0.1, -0.05) is 11.6 Å². The topological polar surface area (TPSA) is 84.6 Å². The summed E-state index contributed by atoms with van der Waals surface area (Å²) < 4.78 is 56.8. The average molecular weight is 472 g/mol. The number of alkyl halides is 2. The second-order valence-corrected chi connectivity index (χ2v) is 6.70. The Morgan fingerprint density at radius 1 is 1.19 bits per heavy atom. The van der Waals surface area contributed by atoms with E-state index < -0.39 is 29.7 Å². The van der Waals surface area contributed by atoms with Crippen LogP contribution in [0, 0.1) is 12.7 Å². The van der Waals surface area contributed by atoms with E-state index in [0.29, 0.717) is 10.4 Å². The highest BCUT2D eigenvalue weighted by Gasteiger charge is 2.21. The molecule has 0 amide bonds. The molecule has 0 spiro atoms. The summed E-state index contributed by atoms with van der Waals surface area (Å²) in [6, 6.07) is 8.00. The Bertz CT molecular complexity index is 1180. The second-order valence-electron chi connectivity index (χ2n) is 6.29. The number of esters is 1. The predicted molar refractivity (Wildman–Crippen MR) is 107 cm³/mol. The molecule has 0 aliphatic carbocycles. The SMILES string of the molecule is CCOC(=O)COc1ccc(Oc2cc(-n3nc(C)n(C(F)F)c3=O)c(F)cc2Cl)cc1. The first-order valence-corrected chi connectivity index (χ1v) is 9.61. The first-order valence-electron chi connectivity index (χ1n) is 9.23. The third kappa shape index (κ3) is 5.05. The van der Waals surface area contributed by atoms with E-state index in [-0.39, 0.29) is 40.1 Å². The average Bonchev–Trinajstić information content (AvgIpc) is 3.03. The molecule has 0 atom stereocenters. The van der Waals surface area contributed by atoms with Crippen LogP contribution in [0.1, 0.15) is 19.3 Å². The van der Waals surface area contributed by atoms with Gasteiger partial charge in [-0.2, -0.15) is 13.5 Å². The van der Waals surface area contributed by atoms with Crippen LogP contribution in [0.5, 0.6) is 17.2 Å². The van der Waals surface area contributed by atoms with Gasteiger partial charge in [0.15, 0.2) is 12.4 Å². The summed E-state index contributed by atoms with van der Waals surface area (Å²) in [7, 11) is 0. The summed E-state index contributed by atoms with van der Waals surface area (Å²) in [6.07, 6.45) is 0. The Kier molecular flexibility index (Phi) is 7.08. The molecule has 0 fully saturated rings. The molecule has 1 aromatic heterocycles. The van der Waals surface area contributed by atoms with Gasteiger partial charge in [0, 0.05) is 6.07 Å². The molecule has 170 valence electrons. The molecule has 1 heterocycles. The van der Waals surface area contributed by atoms with Crippen LogP contribution >= 0.6 is 11.6 Å². The lowest BCUT2D eigenvalue weighted by Gasteiger charge is -2.11. The molecule has 2 aromatic carbocycles. The minimum atomic E-state index is -3.13. The number of aromatic nitrogens is 3. The molecule has 0 unspecified atom stereocenters. The molecule has 0 saturated heterocycles. The van der Waals surface area contributed by atoms with Gasteiger partial charge in [0.25, 0.3) is 0 Å². The first-order chi connectivity index (χ1) is 15.2. The summed E-state index contributed by atoms with van der Waals surface area (Å²) in [5, 5.41) is 3.58. The van der Waals surface area contributed by atoms with Gasteiger partial charge in [0.05, 0.1) is 11.6 Å². The van der Waals surface area contributed by atoms with Gasteiger partial charge >= 0.3 is 18.2 Å². The lowest BCUT2D eigenvalue weighted by atomic mass is 10.2. The van der Waals surface area contributed by atoms with Gasteiger partial charge in [-0.25, -0.2) is 18.5 Å². The summed E-state index contributed by atoms with van der Waals surface area (Å²) in [5.74, 6) is -1.16. The van der Waals surface area contributed by atoms with Gasteiger partial charge in [-0.15, -0.1) is 5.10 Å². The molecule has 0 aliphatic heterocycles. The minimum absolute atomic E-state index is 0.0422. The molecule has 0 N–H and O–H groups in total. The number of halogens is 4. The van der Waals surface area contributed by atoms with Gasteiger partial charge in [0.2, 0.25) is 0 Å². The first kappa shape index (κ1) is 23.2. The van der Waals surface area contributed by atoms with E-state index in [0.717, 1.165) is 12.1 Å². The Balaban J connectivity index is 1.84.